The number of hydrogen-bond acceptors (Lipinski definition) is 3. The molecular weight excluding hydrogens is 332 g/mol. The maximum absolute atomic E-state index is 12.4. The van der Waals surface area contributed by atoms with E-state index in [1.165, 1.54) is 25.9 Å². The minimum absolute atomic E-state index is 0.0729. The molecule has 1 atom stereocenters. The highest BCUT2D eigenvalue weighted by Crippen LogP contribution is 2.27. The molecule has 3 aliphatic rings. The summed E-state index contributed by atoms with van der Waals surface area (Å²) in [7, 11) is 0. The van der Waals surface area contributed by atoms with E-state index in [1.54, 1.807) is 12.4 Å². The van der Waals surface area contributed by atoms with Gasteiger partial charge in [0.05, 0.1) is 16.3 Å². The Morgan fingerprint density at radius 2 is 2.14 bits per heavy atom. The van der Waals surface area contributed by atoms with Crippen LogP contribution in [0.4, 0.5) is 0 Å². The molecule has 3 saturated heterocycles. The highest BCUT2D eigenvalue weighted by molar-refractivity contribution is 9.10. The average Bonchev–Trinajstić information content (AvgIpc) is 2.89. The second-order valence-corrected chi connectivity index (χ2v) is 6.75. The van der Waals surface area contributed by atoms with E-state index in [1.807, 2.05) is 16.5 Å². The number of rotatable bonds is 2. The zero-order valence-electron chi connectivity index (χ0n) is 11.6. The molecule has 3 fully saturated rings. The lowest BCUT2D eigenvalue weighted by atomic mass is 9.84. The highest BCUT2D eigenvalue weighted by atomic mass is 79.9. The molecule has 3 aliphatic heterocycles. The van der Waals surface area contributed by atoms with Crippen molar-refractivity contribution in [2.24, 2.45) is 5.92 Å². The first-order valence-electron chi connectivity index (χ1n) is 7.36. The molecule has 2 aromatic rings. The van der Waals surface area contributed by atoms with Crippen molar-refractivity contribution in [1.29, 1.82) is 0 Å². The van der Waals surface area contributed by atoms with E-state index in [0.717, 1.165) is 16.7 Å². The number of aromatic nitrogens is 2. The third-order valence-electron chi connectivity index (χ3n) is 4.69. The van der Waals surface area contributed by atoms with Crippen molar-refractivity contribution in [3.05, 3.63) is 34.8 Å². The van der Waals surface area contributed by atoms with Crippen LogP contribution >= 0.6 is 15.9 Å². The number of carbonyl (C=O) groups excluding carboxylic acids is 1. The second-order valence-electron chi connectivity index (χ2n) is 5.94. The SMILES string of the molecule is O=C(N[C@H]1CN2CCC1CC2)c1cn2c(Br)ccc2cn1. The number of halogens is 1. The van der Waals surface area contributed by atoms with E-state index in [4.69, 9.17) is 0 Å². The van der Waals surface area contributed by atoms with Gasteiger partial charge in [0, 0.05) is 18.8 Å². The van der Waals surface area contributed by atoms with E-state index in [-0.39, 0.29) is 11.9 Å². The molecule has 0 saturated carbocycles. The normalized spacial score (nSPS) is 28.0. The topological polar surface area (TPSA) is 49.6 Å². The van der Waals surface area contributed by atoms with Crippen molar-refractivity contribution in [1.82, 2.24) is 19.6 Å². The summed E-state index contributed by atoms with van der Waals surface area (Å²) in [6, 6.07) is 4.18. The fourth-order valence-corrected chi connectivity index (χ4v) is 3.90. The zero-order chi connectivity index (χ0) is 14.4. The summed E-state index contributed by atoms with van der Waals surface area (Å²) in [4.78, 5) is 19.2. The van der Waals surface area contributed by atoms with Gasteiger partial charge in [-0.15, -0.1) is 0 Å². The Morgan fingerprint density at radius 3 is 2.86 bits per heavy atom. The summed E-state index contributed by atoms with van der Waals surface area (Å²) in [5.41, 5.74) is 1.44. The summed E-state index contributed by atoms with van der Waals surface area (Å²) in [6.45, 7) is 3.33. The van der Waals surface area contributed by atoms with Crippen molar-refractivity contribution >= 4 is 27.4 Å². The molecule has 2 bridgehead atoms. The van der Waals surface area contributed by atoms with Crippen LogP contribution in [0.15, 0.2) is 29.1 Å². The van der Waals surface area contributed by atoms with Gasteiger partial charge in [0.15, 0.2) is 0 Å². The predicted molar refractivity (Wildman–Crippen MR) is 83.3 cm³/mol. The maximum atomic E-state index is 12.4. The quantitative estimate of drug-likeness (QED) is 0.901. The molecular formula is C15H17BrN4O. The van der Waals surface area contributed by atoms with Gasteiger partial charge in [-0.1, -0.05) is 0 Å². The lowest BCUT2D eigenvalue weighted by molar-refractivity contribution is 0.0617. The smallest absolute Gasteiger partial charge is 0.271 e. The van der Waals surface area contributed by atoms with Gasteiger partial charge < -0.3 is 14.6 Å². The lowest BCUT2D eigenvalue weighted by Crippen LogP contribution is -2.57. The molecule has 5 rings (SSSR count). The van der Waals surface area contributed by atoms with Crippen LogP contribution in [0.1, 0.15) is 23.3 Å². The molecule has 0 aliphatic carbocycles. The molecule has 0 unspecified atom stereocenters. The Hall–Kier alpha value is -1.40. The van der Waals surface area contributed by atoms with Gasteiger partial charge in [0.2, 0.25) is 0 Å². The lowest BCUT2D eigenvalue weighted by Gasteiger charge is -2.44. The standard InChI is InChI=1S/C15H17BrN4O/c16-14-2-1-11-7-17-13(9-20(11)14)15(21)18-12-8-19-5-3-10(12)4-6-19/h1-2,7,9-10,12H,3-6,8H2,(H,18,21)/t12-/m0/s1. The van der Waals surface area contributed by atoms with Crippen LogP contribution in [0.2, 0.25) is 0 Å². The summed E-state index contributed by atoms with van der Waals surface area (Å²) in [5, 5.41) is 3.17. The largest absolute Gasteiger partial charge is 0.346 e. The number of piperidine rings is 3. The molecule has 5 heterocycles. The van der Waals surface area contributed by atoms with Gasteiger partial charge in [-0.3, -0.25) is 4.79 Å². The Labute approximate surface area is 131 Å². The monoisotopic (exact) mass is 348 g/mol. The molecule has 0 spiro atoms. The number of carbonyl (C=O) groups is 1. The number of fused-ring (bicyclic) bond motifs is 4. The highest BCUT2D eigenvalue weighted by Gasteiger charge is 2.35. The third-order valence-corrected chi connectivity index (χ3v) is 5.34. The first kappa shape index (κ1) is 13.3. The third kappa shape index (κ3) is 2.36. The molecule has 0 radical (unpaired) electrons. The summed E-state index contributed by atoms with van der Waals surface area (Å²) in [5.74, 6) is 0.553. The van der Waals surface area contributed by atoms with Crippen LogP contribution in [0.25, 0.3) is 5.52 Å². The van der Waals surface area contributed by atoms with Crippen molar-refractivity contribution < 1.29 is 4.79 Å². The fourth-order valence-electron chi connectivity index (χ4n) is 3.46. The van der Waals surface area contributed by atoms with E-state index < -0.39 is 0 Å². The van der Waals surface area contributed by atoms with Gasteiger partial charge in [-0.2, -0.15) is 0 Å². The van der Waals surface area contributed by atoms with Crippen LogP contribution in [-0.2, 0) is 0 Å². The second kappa shape index (κ2) is 5.10. The Balaban J connectivity index is 1.54. The molecule has 1 amide bonds. The number of hydrogen-bond donors (Lipinski definition) is 1. The van der Waals surface area contributed by atoms with E-state index >= 15 is 0 Å². The summed E-state index contributed by atoms with van der Waals surface area (Å²) >= 11 is 3.47. The molecule has 2 aromatic heterocycles. The van der Waals surface area contributed by atoms with Gasteiger partial charge in [0.1, 0.15) is 5.69 Å². The zero-order valence-corrected chi connectivity index (χ0v) is 13.2. The van der Waals surface area contributed by atoms with Gasteiger partial charge in [-0.05, 0) is 59.9 Å². The van der Waals surface area contributed by atoms with E-state index in [9.17, 15) is 4.79 Å². The number of amides is 1. The van der Waals surface area contributed by atoms with Crippen LogP contribution in [-0.4, -0.2) is 45.9 Å². The van der Waals surface area contributed by atoms with Gasteiger partial charge in [-0.25, -0.2) is 4.98 Å². The molecule has 0 aromatic carbocycles. The minimum atomic E-state index is -0.0729. The number of nitrogens with zero attached hydrogens (tertiary/aromatic N) is 3. The predicted octanol–water partition coefficient (Wildman–Crippen LogP) is 1.92. The Kier molecular flexibility index (Phi) is 3.23. The molecule has 110 valence electrons. The maximum Gasteiger partial charge on any atom is 0.271 e. The molecule has 5 nitrogen and oxygen atoms in total. The summed E-state index contributed by atoms with van der Waals surface area (Å²) in [6.07, 6.45) is 5.91. The van der Waals surface area contributed by atoms with Crippen molar-refractivity contribution in [3.63, 3.8) is 0 Å². The average molecular weight is 349 g/mol. The fraction of sp³-hybridized carbons (Fsp3) is 0.467. The van der Waals surface area contributed by atoms with Crippen molar-refractivity contribution in [3.8, 4) is 0 Å². The van der Waals surface area contributed by atoms with Crippen molar-refractivity contribution in [2.75, 3.05) is 19.6 Å². The van der Waals surface area contributed by atoms with Crippen LogP contribution in [0, 0.1) is 5.92 Å². The summed E-state index contributed by atoms with van der Waals surface area (Å²) < 4.78 is 2.86. The van der Waals surface area contributed by atoms with E-state index in [2.05, 4.69) is 31.1 Å². The van der Waals surface area contributed by atoms with Gasteiger partial charge >= 0.3 is 0 Å². The number of nitrogens with one attached hydrogen (secondary N) is 1. The first-order valence-corrected chi connectivity index (χ1v) is 8.16. The van der Waals surface area contributed by atoms with E-state index in [0.29, 0.717) is 11.6 Å². The molecule has 6 heteroatoms. The molecule has 1 N–H and O–H groups in total. The molecule has 21 heavy (non-hydrogen) atoms. The Bertz CT molecular complexity index is 690. The van der Waals surface area contributed by atoms with Crippen LogP contribution in [0.3, 0.4) is 0 Å². The van der Waals surface area contributed by atoms with Crippen LogP contribution in [0.5, 0.6) is 0 Å². The minimum Gasteiger partial charge on any atom is -0.346 e. The van der Waals surface area contributed by atoms with Gasteiger partial charge in [0.25, 0.3) is 5.91 Å². The van der Waals surface area contributed by atoms with Crippen LogP contribution < -0.4 is 5.32 Å². The first-order chi connectivity index (χ1) is 10.2. The van der Waals surface area contributed by atoms with Crippen molar-refractivity contribution in [2.45, 2.75) is 18.9 Å². The Morgan fingerprint density at radius 1 is 1.33 bits per heavy atom.